The first kappa shape index (κ1) is 22.5. The predicted molar refractivity (Wildman–Crippen MR) is 125 cm³/mol. The normalized spacial score (nSPS) is 16.8. The molecule has 0 bridgehead atoms. The number of hydrogen-bond acceptors (Lipinski definition) is 4. The van der Waals surface area contributed by atoms with E-state index in [-0.39, 0.29) is 30.6 Å². The molecule has 1 aliphatic rings. The van der Waals surface area contributed by atoms with E-state index >= 15 is 0 Å². The molecule has 7 nitrogen and oxygen atoms in total. The highest BCUT2D eigenvalue weighted by atomic mass is 19.1. The van der Waals surface area contributed by atoms with Crippen molar-refractivity contribution < 1.29 is 18.7 Å². The summed E-state index contributed by atoms with van der Waals surface area (Å²) in [5, 5.41) is 6.45. The van der Waals surface area contributed by atoms with Gasteiger partial charge in [0.15, 0.2) is 0 Å². The maximum Gasteiger partial charge on any atom is 0.237 e. The van der Waals surface area contributed by atoms with Gasteiger partial charge in [0.2, 0.25) is 11.8 Å². The monoisotopic (exact) mass is 450 g/mol. The molecule has 0 aliphatic carbocycles. The van der Waals surface area contributed by atoms with Crippen molar-refractivity contribution in [3.05, 3.63) is 71.7 Å². The van der Waals surface area contributed by atoms with Gasteiger partial charge in [-0.3, -0.25) is 14.5 Å². The standard InChI is InChI=1S/C25H27FN4O3/c1-33-23-7-3-2-5-17(23)6-4-11-30-12-10-27-25(32)22(30)15-24(31)28-16-20-14-18-13-19(26)8-9-21(18)29-20/h2-9,13-14,22,29H,10-12,15-16H2,1H3,(H,27,32)(H,28,31)/b6-4+/t22-/m1/s1. The van der Waals surface area contributed by atoms with E-state index in [1.807, 2.05) is 41.3 Å². The first-order chi connectivity index (χ1) is 16.0. The largest absolute Gasteiger partial charge is 0.496 e. The van der Waals surface area contributed by atoms with Gasteiger partial charge in [0, 0.05) is 41.8 Å². The summed E-state index contributed by atoms with van der Waals surface area (Å²) in [6.45, 7) is 2.02. The molecule has 1 aromatic heterocycles. The summed E-state index contributed by atoms with van der Waals surface area (Å²) in [5.74, 6) is 0.102. The van der Waals surface area contributed by atoms with E-state index in [0.717, 1.165) is 27.9 Å². The second-order valence-corrected chi connectivity index (χ2v) is 7.95. The minimum atomic E-state index is -0.544. The van der Waals surface area contributed by atoms with Gasteiger partial charge in [0.25, 0.3) is 0 Å². The van der Waals surface area contributed by atoms with E-state index in [9.17, 15) is 14.0 Å². The molecule has 0 unspecified atom stereocenters. The molecule has 172 valence electrons. The number of benzene rings is 2. The highest BCUT2D eigenvalue weighted by molar-refractivity contribution is 5.89. The number of carbonyl (C=O) groups is 2. The minimum absolute atomic E-state index is 0.0587. The van der Waals surface area contributed by atoms with Crippen LogP contribution in [-0.4, -0.2) is 54.5 Å². The van der Waals surface area contributed by atoms with Gasteiger partial charge in [-0.15, -0.1) is 0 Å². The van der Waals surface area contributed by atoms with E-state index in [4.69, 9.17) is 4.74 Å². The molecule has 1 fully saturated rings. The van der Waals surface area contributed by atoms with Gasteiger partial charge >= 0.3 is 0 Å². The lowest BCUT2D eigenvalue weighted by molar-refractivity contribution is -0.133. The summed E-state index contributed by atoms with van der Waals surface area (Å²) in [6.07, 6.45) is 4.00. The molecule has 0 spiro atoms. The van der Waals surface area contributed by atoms with Crippen molar-refractivity contribution in [3.63, 3.8) is 0 Å². The highest BCUT2D eigenvalue weighted by Gasteiger charge is 2.30. The first-order valence-corrected chi connectivity index (χ1v) is 10.9. The number of halogens is 1. The number of para-hydroxylation sites is 1. The molecular formula is C25H27FN4O3. The molecule has 4 rings (SSSR count). The number of aromatic nitrogens is 1. The van der Waals surface area contributed by atoms with Gasteiger partial charge in [-0.05, 0) is 30.3 Å². The zero-order chi connectivity index (χ0) is 23.2. The molecule has 8 heteroatoms. The van der Waals surface area contributed by atoms with Crippen LogP contribution < -0.4 is 15.4 Å². The van der Waals surface area contributed by atoms with E-state index in [1.165, 1.54) is 12.1 Å². The molecule has 33 heavy (non-hydrogen) atoms. The molecule has 0 saturated carbocycles. The summed E-state index contributed by atoms with van der Waals surface area (Å²) in [6, 6.07) is 13.5. The summed E-state index contributed by atoms with van der Waals surface area (Å²) in [5.41, 5.74) is 2.53. The second kappa shape index (κ2) is 10.3. The van der Waals surface area contributed by atoms with Crippen molar-refractivity contribution in [1.29, 1.82) is 0 Å². The molecule has 3 N–H and O–H groups in total. The van der Waals surface area contributed by atoms with Crippen molar-refractivity contribution in [2.45, 2.75) is 19.0 Å². The average molecular weight is 451 g/mol. The van der Waals surface area contributed by atoms with Gasteiger partial charge in [-0.25, -0.2) is 4.39 Å². The number of ether oxygens (including phenoxy) is 1. The molecule has 1 atom stereocenters. The average Bonchev–Trinajstić information content (AvgIpc) is 3.22. The molecule has 0 radical (unpaired) electrons. The van der Waals surface area contributed by atoms with Crippen LogP contribution in [-0.2, 0) is 16.1 Å². The smallest absolute Gasteiger partial charge is 0.237 e. The number of amides is 2. The number of H-pyrrole nitrogens is 1. The Kier molecular flexibility index (Phi) is 7.04. The Bertz CT molecular complexity index is 1170. The quantitative estimate of drug-likeness (QED) is 0.493. The third kappa shape index (κ3) is 5.59. The second-order valence-electron chi connectivity index (χ2n) is 7.95. The fourth-order valence-corrected chi connectivity index (χ4v) is 4.02. The van der Waals surface area contributed by atoms with Crippen molar-refractivity contribution in [2.24, 2.45) is 0 Å². The van der Waals surface area contributed by atoms with Gasteiger partial charge in [0.05, 0.1) is 26.1 Å². The van der Waals surface area contributed by atoms with Crippen molar-refractivity contribution in [3.8, 4) is 5.75 Å². The fourth-order valence-electron chi connectivity index (χ4n) is 4.02. The summed E-state index contributed by atoms with van der Waals surface area (Å²) < 4.78 is 18.7. The third-order valence-electron chi connectivity index (χ3n) is 5.71. The maximum atomic E-state index is 13.4. The Morgan fingerprint density at radius 3 is 2.97 bits per heavy atom. The van der Waals surface area contributed by atoms with E-state index in [2.05, 4.69) is 15.6 Å². The number of piperazine rings is 1. The molecule has 1 aliphatic heterocycles. The zero-order valence-corrected chi connectivity index (χ0v) is 18.4. The van der Waals surface area contributed by atoms with Gasteiger partial charge in [0.1, 0.15) is 11.6 Å². The van der Waals surface area contributed by atoms with Crippen LogP contribution in [0.1, 0.15) is 17.7 Å². The van der Waals surface area contributed by atoms with E-state index in [0.29, 0.717) is 19.6 Å². The van der Waals surface area contributed by atoms with Crippen LogP contribution in [0.4, 0.5) is 4.39 Å². The Morgan fingerprint density at radius 2 is 2.12 bits per heavy atom. The number of rotatable bonds is 8. The number of fused-ring (bicyclic) bond motifs is 1. The molecule has 3 aromatic rings. The fraction of sp³-hybridized carbons (Fsp3) is 0.280. The van der Waals surface area contributed by atoms with E-state index in [1.54, 1.807) is 19.2 Å². The lowest BCUT2D eigenvalue weighted by Gasteiger charge is -2.33. The van der Waals surface area contributed by atoms with Crippen LogP contribution in [0.5, 0.6) is 5.75 Å². The molecular weight excluding hydrogens is 423 g/mol. The lowest BCUT2D eigenvalue weighted by Crippen LogP contribution is -2.56. The first-order valence-electron chi connectivity index (χ1n) is 10.9. The molecule has 2 amide bonds. The van der Waals surface area contributed by atoms with Crippen molar-refractivity contribution in [1.82, 2.24) is 20.5 Å². The topological polar surface area (TPSA) is 86.5 Å². The number of aromatic amines is 1. The third-order valence-corrected chi connectivity index (χ3v) is 5.71. The van der Waals surface area contributed by atoms with Gasteiger partial charge in [-0.1, -0.05) is 30.4 Å². The minimum Gasteiger partial charge on any atom is -0.496 e. The summed E-state index contributed by atoms with van der Waals surface area (Å²) in [7, 11) is 1.63. The lowest BCUT2D eigenvalue weighted by atomic mass is 10.1. The van der Waals surface area contributed by atoms with Crippen LogP contribution in [0.3, 0.4) is 0 Å². The Balaban J connectivity index is 1.35. The van der Waals surface area contributed by atoms with Gasteiger partial charge < -0.3 is 20.4 Å². The zero-order valence-electron chi connectivity index (χ0n) is 18.4. The molecule has 2 heterocycles. The van der Waals surface area contributed by atoms with Crippen LogP contribution in [0, 0.1) is 5.82 Å². The number of methoxy groups -OCH3 is 1. The van der Waals surface area contributed by atoms with E-state index < -0.39 is 6.04 Å². The number of carbonyl (C=O) groups excluding carboxylic acids is 2. The van der Waals surface area contributed by atoms with Crippen molar-refractivity contribution >= 4 is 28.8 Å². The summed E-state index contributed by atoms with van der Waals surface area (Å²) in [4.78, 5) is 30.2. The number of hydrogen-bond donors (Lipinski definition) is 3. The Hall–Kier alpha value is -3.65. The van der Waals surface area contributed by atoms with Gasteiger partial charge in [-0.2, -0.15) is 0 Å². The SMILES string of the molecule is COc1ccccc1/C=C/CN1CCNC(=O)[C@H]1CC(=O)NCc1cc2cc(F)ccc2[nH]1. The van der Waals surface area contributed by atoms with Crippen LogP contribution in [0.2, 0.25) is 0 Å². The molecule has 1 saturated heterocycles. The van der Waals surface area contributed by atoms with Crippen LogP contribution >= 0.6 is 0 Å². The molecule has 2 aromatic carbocycles. The number of nitrogens with one attached hydrogen (secondary N) is 3. The van der Waals surface area contributed by atoms with Crippen molar-refractivity contribution in [2.75, 3.05) is 26.7 Å². The predicted octanol–water partition coefficient (Wildman–Crippen LogP) is 2.84. The van der Waals surface area contributed by atoms with Crippen LogP contribution in [0.25, 0.3) is 17.0 Å². The maximum absolute atomic E-state index is 13.4. The summed E-state index contributed by atoms with van der Waals surface area (Å²) >= 11 is 0. The Morgan fingerprint density at radius 1 is 1.27 bits per heavy atom. The van der Waals surface area contributed by atoms with Crippen LogP contribution in [0.15, 0.2) is 54.6 Å². The highest BCUT2D eigenvalue weighted by Crippen LogP contribution is 2.19. The number of nitrogens with zero attached hydrogens (tertiary/aromatic N) is 1. The Labute approximate surface area is 191 Å².